The highest BCUT2D eigenvalue weighted by Crippen LogP contribution is 2.26. The molecule has 3 aromatic rings. The first-order chi connectivity index (χ1) is 17.4. The van der Waals surface area contributed by atoms with Crippen molar-refractivity contribution in [3.63, 3.8) is 0 Å². The van der Waals surface area contributed by atoms with Crippen molar-refractivity contribution in [2.24, 2.45) is 0 Å². The van der Waals surface area contributed by atoms with Gasteiger partial charge in [-0.3, -0.25) is 9.59 Å². The number of aryl methyl sites for hydroxylation is 1. The van der Waals surface area contributed by atoms with Crippen LogP contribution in [-0.2, 0) is 22.6 Å². The molecule has 0 spiro atoms. The molecule has 0 aliphatic carbocycles. The zero-order valence-electron chi connectivity index (χ0n) is 21.6. The van der Waals surface area contributed by atoms with Crippen molar-refractivity contribution < 1.29 is 19.1 Å². The van der Waals surface area contributed by atoms with Crippen molar-refractivity contribution >= 4 is 11.8 Å². The zero-order valence-corrected chi connectivity index (χ0v) is 21.6. The van der Waals surface area contributed by atoms with Crippen LogP contribution in [0.3, 0.4) is 0 Å². The van der Waals surface area contributed by atoms with Crippen LogP contribution in [0.25, 0.3) is 0 Å². The first-order valence-corrected chi connectivity index (χ1v) is 12.4. The van der Waals surface area contributed by atoms with E-state index in [0.717, 1.165) is 23.1 Å². The van der Waals surface area contributed by atoms with Gasteiger partial charge in [-0.25, -0.2) is 0 Å². The number of rotatable bonds is 12. The van der Waals surface area contributed by atoms with Crippen LogP contribution in [0.4, 0.5) is 0 Å². The van der Waals surface area contributed by atoms with Gasteiger partial charge in [0, 0.05) is 19.0 Å². The quantitative estimate of drug-likeness (QED) is 0.392. The van der Waals surface area contributed by atoms with Crippen LogP contribution in [-0.4, -0.2) is 42.5 Å². The molecule has 0 fully saturated rings. The molecule has 0 aliphatic heterocycles. The lowest BCUT2D eigenvalue weighted by Gasteiger charge is -2.32. The predicted octanol–water partition coefficient (Wildman–Crippen LogP) is 4.94. The third-order valence-corrected chi connectivity index (χ3v) is 6.29. The Balaban J connectivity index is 1.94. The van der Waals surface area contributed by atoms with E-state index in [4.69, 9.17) is 9.47 Å². The predicted molar refractivity (Wildman–Crippen MR) is 142 cm³/mol. The van der Waals surface area contributed by atoms with Crippen LogP contribution >= 0.6 is 0 Å². The Morgan fingerprint density at radius 3 is 2.22 bits per heavy atom. The number of carbonyl (C=O) groups is 2. The molecule has 36 heavy (non-hydrogen) atoms. The molecule has 1 N–H and O–H groups in total. The smallest absolute Gasteiger partial charge is 0.261 e. The van der Waals surface area contributed by atoms with Crippen molar-refractivity contribution in [3.8, 4) is 11.5 Å². The number of nitrogens with zero attached hydrogens (tertiary/aromatic N) is 1. The maximum absolute atomic E-state index is 13.7. The molecule has 2 atom stereocenters. The molecule has 0 aliphatic rings. The molecule has 0 aromatic heterocycles. The summed E-state index contributed by atoms with van der Waals surface area (Å²) in [6.07, 6.45) is 1.20. The third-order valence-electron chi connectivity index (χ3n) is 6.29. The van der Waals surface area contributed by atoms with Crippen molar-refractivity contribution in [2.45, 2.75) is 52.2 Å². The van der Waals surface area contributed by atoms with Gasteiger partial charge >= 0.3 is 0 Å². The largest absolute Gasteiger partial charge is 0.493 e. The average Bonchev–Trinajstić information content (AvgIpc) is 2.90. The van der Waals surface area contributed by atoms with E-state index in [1.807, 2.05) is 87.5 Å². The lowest BCUT2D eigenvalue weighted by atomic mass is 10.0. The third kappa shape index (κ3) is 7.35. The van der Waals surface area contributed by atoms with Gasteiger partial charge in [0.15, 0.2) is 18.1 Å². The first kappa shape index (κ1) is 26.8. The normalized spacial score (nSPS) is 12.3. The van der Waals surface area contributed by atoms with E-state index in [2.05, 4.69) is 5.32 Å². The Morgan fingerprint density at radius 2 is 1.56 bits per heavy atom. The van der Waals surface area contributed by atoms with E-state index in [1.54, 1.807) is 24.1 Å². The molecule has 0 saturated heterocycles. The minimum atomic E-state index is -0.699. The van der Waals surface area contributed by atoms with E-state index in [9.17, 15) is 9.59 Å². The van der Waals surface area contributed by atoms with Crippen LogP contribution in [0.5, 0.6) is 11.5 Å². The van der Waals surface area contributed by atoms with Gasteiger partial charge in [0.25, 0.3) is 5.91 Å². The minimum Gasteiger partial charge on any atom is -0.493 e. The van der Waals surface area contributed by atoms with Gasteiger partial charge in [-0.05, 0) is 49.1 Å². The van der Waals surface area contributed by atoms with Crippen molar-refractivity contribution in [1.82, 2.24) is 10.2 Å². The number of carbonyl (C=O) groups excluding carboxylic acids is 2. The van der Waals surface area contributed by atoms with Gasteiger partial charge in [0.2, 0.25) is 5.91 Å². The van der Waals surface area contributed by atoms with Crippen LogP contribution < -0.4 is 14.8 Å². The van der Waals surface area contributed by atoms with Gasteiger partial charge in [0.1, 0.15) is 6.04 Å². The molecule has 6 nitrogen and oxygen atoms in total. The zero-order chi connectivity index (χ0) is 25.9. The topological polar surface area (TPSA) is 67.9 Å². The van der Waals surface area contributed by atoms with Crippen molar-refractivity contribution in [3.05, 3.63) is 95.6 Å². The molecule has 6 heteroatoms. The summed E-state index contributed by atoms with van der Waals surface area (Å²) < 4.78 is 11.2. The first-order valence-electron chi connectivity index (χ1n) is 12.4. The Morgan fingerprint density at radius 1 is 0.917 bits per heavy atom. The summed E-state index contributed by atoms with van der Waals surface area (Å²) in [6, 6.07) is 24.2. The van der Waals surface area contributed by atoms with Gasteiger partial charge in [-0.15, -0.1) is 0 Å². The van der Waals surface area contributed by atoms with Crippen molar-refractivity contribution in [2.75, 3.05) is 13.7 Å². The lowest BCUT2D eigenvalue weighted by Crippen LogP contribution is -2.53. The Hall–Kier alpha value is -3.80. The maximum atomic E-state index is 13.7. The number of methoxy groups -OCH3 is 1. The Kier molecular flexibility index (Phi) is 9.92. The second-order valence-corrected chi connectivity index (χ2v) is 8.91. The van der Waals surface area contributed by atoms with Gasteiger partial charge < -0.3 is 19.7 Å². The highest BCUT2D eigenvalue weighted by molar-refractivity contribution is 5.88. The fraction of sp³-hybridized carbons (Fsp3) is 0.333. The number of amides is 2. The monoisotopic (exact) mass is 488 g/mol. The number of nitrogens with one attached hydrogen (secondary N) is 1. The minimum absolute atomic E-state index is 0.00369. The number of benzene rings is 3. The maximum Gasteiger partial charge on any atom is 0.261 e. The summed E-state index contributed by atoms with van der Waals surface area (Å²) in [6.45, 7) is 6.08. The van der Waals surface area contributed by atoms with E-state index < -0.39 is 6.04 Å². The van der Waals surface area contributed by atoms with Crippen LogP contribution in [0.2, 0.25) is 0 Å². The second kappa shape index (κ2) is 13.3. The molecule has 0 bridgehead atoms. The number of ether oxygens (including phenoxy) is 2. The lowest BCUT2D eigenvalue weighted by molar-refractivity contribution is -0.143. The molecule has 190 valence electrons. The fourth-order valence-corrected chi connectivity index (χ4v) is 3.93. The van der Waals surface area contributed by atoms with E-state index in [-0.39, 0.29) is 24.5 Å². The number of hydrogen-bond donors (Lipinski definition) is 1. The van der Waals surface area contributed by atoms with Crippen LogP contribution in [0.1, 0.15) is 37.0 Å². The van der Waals surface area contributed by atoms with Gasteiger partial charge in [-0.2, -0.15) is 0 Å². The van der Waals surface area contributed by atoms with E-state index in [1.165, 1.54) is 0 Å². The molecule has 3 aromatic carbocycles. The molecule has 2 amide bonds. The van der Waals surface area contributed by atoms with Gasteiger partial charge in [0.05, 0.1) is 7.11 Å². The number of hydrogen-bond acceptors (Lipinski definition) is 4. The summed E-state index contributed by atoms with van der Waals surface area (Å²) in [5.41, 5.74) is 3.02. The molecule has 0 unspecified atom stereocenters. The molecule has 3 rings (SSSR count). The summed E-state index contributed by atoms with van der Waals surface area (Å²) in [4.78, 5) is 28.9. The average molecular weight is 489 g/mol. The Bertz CT molecular complexity index is 1130. The summed E-state index contributed by atoms with van der Waals surface area (Å²) in [5.74, 6) is 0.579. The van der Waals surface area contributed by atoms with Gasteiger partial charge in [-0.1, -0.05) is 73.7 Å². The Labute approximate surface area is 214 Å². The SMILES string of the molecule is CC[C@H](C)NC(=O)[C@H](Cc1ccccc1)N(Cc1ccccc1C)C(=O)COc1ccccc1OC. The number of para-hydroxylation sites is 2. The van der Waals surface area contributed by atoms with E-state index in [0.29, 0.717) is 24.5 Å². The van der Waals surface area contributed by atoms with Crippen molar-refractivity contribution in [1.29, 1.82) is 0 Å². The van der Waals surface area contributed by atoms with Crippen LogP contribution in [0.15, 0.2) is 78.9 Å². The summed E-state index contributed by atoms with van der Waals surface area (Å²) in [7, 11) is 1.56. The molecule has 0 heterocycles. The standard InChI is InChI=1S/C30H36N2O4/c1-5-23(3)31-30(34)26(19-24-14-7-6-8-15-24)32(20-25-16-10-9-13-22(25)2)29(33)21-36-28-18-12-11-17-27(28)35-4/h6-18,23,26H,5,19-21H2,1-4H3,(H,31,34)/t23-,26-/m0/s1. The molecular weight excluding hydrogens is 452 g/mol. The summed E-state index contributed by atoms with van der Waals surface area (Å²) in [5, 5.41) is 3.08. The van der Waals surface area contributed by atoms with E-state index >= 15 is 0 Å². The molecular formula is C30H36N2O4. The second-order valence-electron chi connectivity index (χ2n) is 8.91. The molecule has 0 saturated carbocycles. The highest BCUT2D eigenvalue weighted by Gasteiger charge is 2.31. The highest BCUT2D eigenvalue weighted by atomic mass is 16.5. The fourth-order valence-electron chi connectivity index (χ4n) is 3.93. The van der Waals surface area contributed by atoms with Crippen LogP contribution in [0, 0.1) is 6.92 Å². The summed E-state index contributed by atoms with van der Waals surface area (Å²) >= 11 is 0. The molecule has 0 radical (unpaired) electrons.